The number of hydrogen-bond acceptors (Lipinski definition) is 2. The van der Waals surface area contributed by atoms with E-state index in [1.165, 1.54) is 29.5 Å². The molecule has 2 nitrogen and oxygen atoms in total. The number of para-hydroxylation sites is 1. The highest BCUT2D eigenvalue weighted by Crippen LogP contribution is 2.30. The summed E-state index contributed by atoms with van der Waals surface area (Å²) in [6.45, 7) is 4.09. The molecule has 1 aliphatic carbocycles. The van der Waals surface area contributed by atoms with Crippen molar-refractivity contribution in [2.24, 2.45) is 0 Å². The SMILES string of the molecule is Cc1ccc(CN(Cc2ccccc2N)C2CC2)cc1. The zero-order valence-corrected chi connectivity index (χ0v) is 12.0. The summed E-state index contributed by atoms with van der Waals surface area (Å²) < 4.78 is 0. The molecular formula is C18H22N2. The molecule has 104 valence electrons. The highest BCUT2D eigenvalue weighted by atomic mass is 15.2. The van der Waals surface area contributed by atoms with Gasteiger partial charge in [-0.25, -0.2) is 0 Å². The van der Waals surface area contributed by atoms with E-state index in [-0.39, 0.29) is 0 Å². The normalized spacial score (nSPS) is 14.7. The van der Waals surface area contributed by atoms with Crippen LogP contribution in [0.5, 0.6) is 0 Å². The predicted molar refractivity (Wildman–Crippen MR) is 84.3 cm³/mol. The molecule has 0 radical (unpaired) electrons. The fourth-order valence-electron chi connectivity index (χ4n) is 2.58. The summed E-state index contributed by atoms with van der Waals surface area (Å²) in [7, 11) is 0. The summed E-state index contributed by atoms with van der Waals surface area (Å²) in [5.41, 5.74) is 10.9. The van der Waals surface area contributed by atoms with Crippen molar-refractivity contribution in [1.82, 2.24) is 4.90 Å². The van der Waals surface area contributed by atoms with Crippen molar-refractivity contribution in [2.45, 2.75) is 38.9 Å². The number of nitrogens with zero attached hydrogens (tertiary/aromatic N) is 1. The third-order valence-corrected chi connectivity index (χ3v) is 4.00. The topological polar surface area (TPSA) is 29.3 Å². The maximum atomic E-state index is 6.08. The van der Waals surface area contributed by atoms with Gasteiger partial charge in [0.2, 0.25) is 0 Å². The molecule has 1 aliphatic rings. The van der Waals surface area contributed by atoms with Gasteiger partial charge >= 0.3 is 0 Å². The maximum absolute atomic E-state index is 6.08. The molecule has 2 N–H and O–H groups in total. The second-order valence-electron chi connectivity index (χ2n) is 5.82. The lowest BCUT2D eigenvalue weighted by Crippen LogP contribution is -2.25. The third kappa shape index (κ3) is 3.20. The number of nitrogen functional groups attached to an aromatic ring is 1. The Kier molecular flexibility index (Phi) is 3.75. The van der Waals surface area contributed by atoms with Gasteiger partial charge in [0.1, 0.15) is 0 Å². The Balaban J connectivity index is 1.73. The van der Waals surface area contributed by atoms with Gasteiger partial charge in [-0.1, -0.05) is 48.0 Å². The lowest BCUT2D eigenvalue weighted by Gasteiger charge is -2.23. The molecule has 3 rings (SSSR count). The molecule has 0 atom stereocenters. The molecule has 1 saturated carbocycles. The van der Waals surface area contributed by atoms with E-state index in [2.05, 4.69) is 48.2 Å². The summed E-state index contributed by atoms with van der Waals surface area (Å²) in [4.78, 5) is 2.55. The van der Waals surface area contributed by atoms with Crippen molar-refractivity contribution in [3.63, 3.8) is 0 Å². The zero-order chi connectivity index (χ0) is 13.9. The second-order valence-corrected chi connectivity index (χ2v) is 5.82. The minimum absolute atomic E-state index is 0.732. The summed E-state index contributed by atoms with van der Waals surface area (Å²) in [6, 6.07) is 17.8. The first kappa shape index (κ1) is 13.2. The fourth-order valence-corrected chi connectivity index (χ4v) is 2.58. The number of hydrogen-bond donors (Lipinski definition) is 1. The van der Waals surface area contributed by atoms with Gasteiger partial charge in [-0.2, -0.15) is 0 Å². The van der Waals surface area contributed by atoms with Crippen molar-refractivity contribution in [3.05, 3.63) is 65.2 Å². The van der Waals surface area contributed by atoms with Gasteiger partial charge in [-0.3, -0.25) is 4.90 Å². The first-order valence-corrected chi connectivity index (χ1v) is 7.35. The van der Waals surface area contributed by atoms with Crippen LogP contribution in [-0.4, -0.2) is 10.9 Å². The van der Waals surface area contributed by atoms with Crippen molar-refractivity contribution in [3.8, 4) is 0 Å². The largest absolute Gasteiger partial charge is 0.398 e. The number of aryl methyl sites for hydroxylation is 1. The van der Waals surface area contributed by atoms with Crippen LogP contribution in [0.2, 0.25) is 0 Å². The van der Waals surface area contributed by atoms with Crippen LogP contribution >= 0.6 is 0 Å². The van der Waals surface area contributed by atoms with Crippen LogP contribution in [0.25, 0.3) is 0 Å². The molecule has 0 aromatic heterocycles. The molecule has 2 aromatic carbocycles. The van der Waals surface area contributed by atoms with E-state index in [1.807, 2.05) is 12.1 Å². The Hall–Kier alpha value is -1.80. The molecule has 0 aliphatic heterocycles. The summed E-state index contributed by atoms with van der Waals surface area (Å²) in [6.07, 6.45) is 2.64. The number of anilines is 1. The number of benzene rings is 2. The number of nitrogens with two attached hydrogens (primary N) is 1. The van der Waals surface area contributed by atoms with Crippen LogP contribution in [0.4, 0.5) is 5.69 Å². The zero-order valence-electron chi connectivity index (χ0n) is 12.0. The van der Waals surface area contributed by atoms with E-state index in [4.69, 9.17) is 5.73 Å². The Morgan fingerprint density at radius 1 is 1.00 bits per heavy atom. The molecule has 0 heterocycles. The van der Waals surface area contributed by atoms with Gasteiger partial charge in [0.25, 0.3) is 0 Å². The smallest absolute Gasteiger partial charge is 0.0359 e. The summed E-state index contributed by atoms with van der Waals surface area (Å²) in [5, 5.41) is 0. The summed E-state index contributed by atoms with van der Waals surface area (Å²) >= 11 is 0. The molecule has 1 fully saturated rings. The van der Waals surface area contributed by atoms with Gasteiger partial charge in [0.05, 0.1) is 0 Å². The highest BCUT2D eigenvalue weighted by Gasteiger charge is 2.29. The van der Waals surface area contributed by atoms with Crippen LogP contribution < -0.4 is 5.73 Å². The standard InChI is InChI=1S/C18H22N2/c1-14-6-8-15(9-7-14)12-20(17-10-11-17)13-16-4-2-3-5-18(16)19/h2-9,17H,10-13,19H2,1H3. The molecule has 0 saturated heterocycles. The van der Waals surface area contributed by atoms with Crippen molar-refractivity contribution in [1.29, 1.82) is 0 Å². The van der Waals surface area contributed by atoms with Gasteiger partial charge < -0.3 is 5.73 Å². The van der Waals surface area contributed by atoms with E-state index >= 15 is 0 Å². The van der Waals surface area contributed by atoms with E-state index in [9.17, 15) is 0 Å². The van der Waals surface area contributed by atoms with Crippen molar-refractivity contribution in [2.75, 3.05) is 5.73 Å². The van der Waals surface area contributed by atoms with Gasteiger partial charge in [-0.15, -0.1) is 0 Å². The molecule has 0 unspecified atom stereocenters. The third-order valence-electron chi connectivity index (χ3n) is 4.00. The molecule has 20 heavy (non-hydrogen) atoms. The highest BCUT2D eigenvalue weighted by molar-refractivity contribution is 5.46. The first-order chi connectivity index (χ1) is 9.72. The lowest BCUT2D eigenvalue weighted by molar-refractivity contribution is 0.246. The molecule has 0 amide bonds. The van der Waals surface area contributed by atoms with Crippen LogP contribution in [0.3, 0.4) is 0 Å². The number of rotatable bonds is 5. The Morgan fingerprint density at radius 3 is 2.35 bits per heavy atom. The van der Waals surface area contributed by atoms with Crippen molar-refractivity contribution >= 4 is 5.69 Å². The van der Waals surface area contributed by atoms with E-state index in [0.717, 1.165) is 24.8 Å². The van der Waals surface area contributed by atoms with Crippen LogP contribution in [0.1, 0.15) is 29.5 Å². The lowest BCUT2D eigenvalue weighted by atomic mass is 10.1. The summed E-state index contributed by atoms with van der Waals surface area (Å²) in [5.74, 6) is 0. The van der Waals surface area contributed by atoms with Gasteiger partial charge in [0, 0.05) is 24.8 Å². The molecular weight excluding hydrogens is 244 g/mol. The van der Waals surface area contributed by atoms with Gasteiger partial charge in [0.15, 0.2) is 0 Å². The van der Waals surface area contributed by atoms with Gasteiger partial charge in [-0.05, 0) is 37.0 Å². The van der Waals surface area contributed by atoms with Crippen molar-refractivity contribution < 1.29 is 0 Å². The fraction of sp³-hybridized carbons (Fsp3) is 0.333. The minimum atomic E-state index is 0.732. The van der Waals surface area contributed by atoms with Crippen LogP contribution in [0, 0.1) is 6.92 Å². The minimum Gasteiger partial charge on any atom is -0.398 e. The monoisotopic (exact) mass is 266 g/mol. The quantitative estimate of drug-likeness (QED) is 0.835. The van der Waals surface area contributed by atoms with E-state index in [0.29, 0.717) is 0 Å². The molecule has 0 bridgehead atoms. The second kappa shape index (κ2) is 5.68. The average Bonchev–Trinajstić information content (AvgIpc) is 3.27. The molecule has 2 aromatic rings. The van der Waals surface area contributed by atoms with E-state index in [1.54, 1.807) is 0 Å². The molecule has 0 spiro atoms. The van der Waals surface area contributed by atoms with Crippen LogP contribution in [0.15, 0.2) is 48.5 Å². The Morgan fingerprint density at radius 2 is 1.70 bits per heavy atom. The Bertz CT molecular complexity index is 570. The maximum Gasteiger partial charge on any atom is 0.0359 e. The predicted octanol–water partition coefficient (Wildman–Crippen LogP) is 3.74. The average molecular weight is 266 g/mol. The molecule has 2 heteroatoms. The van der Waals surface area contributed by atoms with Crippen LogP contribution in [-0.2, 0) is 13.1 Å². The Labute approximate surface area is 121 Å². The first-order valence-electron chi connectivity index (χ1n) is 7.35. The van der Waals surface area contributed by atoms with E-state index < -0.39 is 0 Å².